The number of ketones is 1. The van der Waals surface area contributed by atoms with Crippen LogP contribution in [0.1, 0.15) is 31.2 Å². The molecule has 2 aromatic rings. The minimum atomic E-state index is 0.247. The van der Waals surface area contributed by atoms with Crippen molar-refractivity contribution in [2.24, 2.45) is 5.92 Å². The number of rotatable bonds is 3. The van der Waals surface area contributed by atoms with Gasteiger partial charge in [0, 0.05) is 36.0 Å². The fraction of sp³-hybridized carbons (Fsp3) is 0.375. The van der Waals surface area contributed by atoms with Crippen molar-refractivity contribution in [1.29, 1.82) is 5.26 Å². The minimum Gasteiger partial charge on any atom is -0.347 e. The Kier molecular flexibility index (Phi) is 3.08. The molecule has 19 heavy (non-hydrogen) atoms. The highest BCUT2D eigenvalue weighted by Crippen LogP contribution is 2.26. The van der Waals surface area contributed by atoms with Gasteiger partial charge >= 0.3 is 0 Å². The first-order valence-corrected chi connectivity index (χ1v) is 6.80. The number of carbonyl (C=O) groups excluding carboxylic acids is 1. The Labute approximate surface area is 112 Å². The number of aromatic nitrogens is 1. The van der Waals surface area contributed by atoms with Crippen molar-refractivity contribution in [3.63, 3.8) is 0 Å². The monoisotopic (exact) mass is 252 g/mol. The summed E-state index contributed by atoms with van der Waals surface area (Å²) in [5, 5.41) is 10.1. The number of hydrogen-bond acceptors (Lipinski definition) is 2. The van der Waals surface area contributed by atoms with Gasteiger partial charge in [0.1, 0.15) is 5.78 Å². The number of fused-ring (bicyclic) bond motifs is 1. The van der Waals surface area contributed by atoms with Crippen molar-refractivity contribution in [1.82, 2.24) is 4.57 Å². The summed E-state index contributed by atoms with van der Waals surface area (Å²) in [7, 11) is 0. The quantitative estimate of drug-likeness (QED) is 0.841. The molecule has 0 N–H and O–H groups in total. The summed E-state index contributed by atoms with van der Waals surface area (Å²) in [6.45, 7) is 0.856. The van der Waals surface area contributed by atoms with E-state index in [1.807, 2.05) is 30.5 Å². The average Bonchev–Trinajstić information content (AvgIpc) is 3.02. The minimum absolute atomic E-state index is 0.247. The topological polar surface area (TPSA) is 45.8 Å². The fourth-order valence-electron chi connectivity index (χ4n) is 3.00. The van der Waals surface area contributed by atoms with Crippen LogP contribution >= 0.6 is 0 Å². The highest BCUT2D eigenvalue weighted by atomic mass is 16.1. The molecule has 3 rings (SSSR count). The number of carbonyl (C=O) groups is 1. The highest BCUT2D eigenvalue weighted by Gasteiger charge is 2.23. The van der Waals surface area contributed by atoms with Gasteiger partial charge in [-0.15, -0.1) is 0 Å². The number of benzene rings is 1. The normalized spacial score (nSPS) is 18.9. The Balaban J connectivity index is 1.82. The van der Waals surface area contributed by atoms with Crippen LogP contribution in [0.25, 0.3) is 10.9 Å². The van der Waals surface area contributed by atoms with Crippen molar-refractivity contribution in [2.75, 3.05) is 0 Å². The van der Waals surface area contributed by atoms with Crippen LogP contribution in [0.4, 0.5) is 0 Å². The molecule has 1 aliphatic carbocycles. The van der Waals surface area contributed by atoms with Crippen molar-refractivity contribution in [3.8, 4) is 6.07 Å². The summed E-state index contributed by atoms with van der Waals surface area (Å²) < 4.78 is 2.15. The van der Waals surface area contributed by atoms with Crippen molar-refractivity contribution in [2.45, 2.75) is 32.2 Å². The Hall–Kier alpha value is -2.08. The molecule has 1 saturated carbocycles. The number of hydrogen-bond donors (Lipinski definition) is 0. The van der Waals surface area contributed by atoms with Gasteiger partial charge in [-0.3, -0.25) is 4.79 Å². The Morgan fingerprint density at radius 3 is 3.00 bits per heavy atom. The molecule has 96 valence electrons. The predicted molar refractivity (Wildman–Crippen MR) is 73.6 cm³/mol. The molecule has 0 saturated heterocycles. The zero-order valence-electron chi connectivity index (χ0n) is 10.8. The SMILES string of the molecule is N#Cc1cccc2c1ccn2CCC1CCCC1=O. The Morgan fingerprint density at radius 1 is 1.37 bits per heavy atom. The lowest BCUT2D eigenvalue weighted by atomic mass is 10.0. The van der Waals surface area contributed by atoms with E-state index >= 15 is 0 Å². The van der Waals surface area contributed by atoms with Crippen LogP contribution in [-0.4, -0.2) is 10.4 Å². The molecular formula is C16H16N2O. The predicted octanol–water partition coefficient (Wildman–Crippen LogP) is 3.27. The maximum absolute atomic E-state index is 11.6. The van der Waals surface area contributed by atoms with E-state index in [1.165, 1.54) is 0 Å². The van der Waals surface area contributed by atoms with E-state index in [0.29, 0.717) is 11.3 Å². The second-order valence-corrected chi connectivity index (χ2v) is 5.20. The van der Waals surface area contributed by atoms with E-state index < -0.39 is 0 Å². The molecule has 1 aliphatic rings. The Morgan fingerprint density at radius 2 is 2.26 bits per heavy atom. The van der Waals surface area contributed by atoms with Gasteiger partial charge in [-0.1, -0.05) is 6.07 Å². The molecule has 3 nitrogen and oxygen atoms in total. The maximum Gasteiger partial charge on any atom is 0.136 e. The molecule has 1 atom stereocenters. The molecule has 0 spiro atoms. The maximum atomic E-state index is 11.6. The highest BCUT2D eigenvalue weighted by molar-refractivity contribution is 5.86. The van der Waals surface area contributed by atoms with Crippen molar-refractivity contribution in [3.05, 3.63) is 36.0 Å². The van der Waals surface area contributed by atoms with Gasteiger partial charge in [-0.25, -0.2) is 0 Å². The summed E-state index contributed by atoms with van der Waals surface area (Å²) in [6.07, 6.45) is 5.79. The van der Waals surface area contributed by atoms with Gasteiger partial charge in [0.15, 0.2) is 0 Å². The Bertz CT molecular complexity index is 663. The summed E-state index contributed by atoms with van der Waals surface area (Å²) in [5.41, 5.74) is 1.80. The number of nitrogens with zero attached hydrogens (tertiary/aromatic N) is 2. The number of Topliss-reactive ketones (excluding diaryl/α,β-unsaturated/α-hetero) is 1. The van der Waals surface area contributed by atoms with Crippen LogP contribution < -0.4 is 0 Å². The zero-order chi connectivity index (χ0) is 13.2. The van der Waals surface area contributed by atoms with Gasteiger partial charge in [-0.05, 0) is 37.5 Å². The molecule has 1 heterocycles. The van der Waals surface area contributed by atoms with E-state index in [4.69, 9.17) is 5.26 Å². The van der Waals surface area contributed by atoms with Crippen LogP contribution in [-0.2, 0) is 11.3 Å². The van der Waals surface area contributed by atoms with E-state index in [2.05, 4.69) is 10.6 Å². The second kappa shape index (κ2) is 4.89. The summed E-state index contributed by atoms with van der Waals surface area (Å²) >= 11 is 0. The summed E-state index contributed by atoms with van der Waals surface area (Å²) in [6, 6.07) is 10.0. The fourth-order valence-corrected chi connectivity index (χ4v) is 3.00. The van der Waals surface area contributed by atoms with Gasteiger partial charge in [0.2, 0.25) is 0 Å². The largest absolute Gasteiger partial charge is 0.347 e. The lowest BCUT2D eigenvalue weighted by Crippen LogP contribution is -2.09. The molecule has 1 fully saturated rings. The first-order chi connectivity index (χ1) is 9.29. The van der Waals surface area contributed by atoms with Crippen LogP contribution in [0, 0.1) is 17.2 Å². The third-order valence-corrected chi connectivity index (χ3v) is 4.08. The van der Waals surface area contributed by atoms with Gasteiger partial charge in [0.25, 0.3) is 0 Å². The standard InChI is InChI=1S/C16H16N2O/c17-11-13-4-1-5-15-14(13)8-10-18(15)9-7-12-3-2-6-16(12)19/h1,4-5,8,10,12H,2-3,6-7,9H2. The molecule has 1 unspecified atom stereocenters. The summed E-state index contributed by atoms with van der Waals surface area (Å²) in [5.74, 6) is 0.672. The van der Waals surface area contributed by atoms with Crippen LogP contribution in [0.3, 0.4) is 0 Å². The molecular weight excluding hydrogens is 236 g/mol. The van der Waals surface area contributed by atoms with Gasteiger partial charge in [-0.2, -0.15) is 5.26 Å². The third-order valence-electron chi connectivity index (χ3n) is 4.08. The van der Waals surface area contributed by atoms with Crippen LogP contribution in [0.15, 0.2) is 30.5 Å². The van der Waals surface area contributed by atoms with E-state index in [0.717, 1.165) is 43.1 Å². The van der Waals surface area contributed by atoms with Gasteiger partial charge < -0.3 is 4.57 Å². The number of nitriles is 1. The molecule has 0 radical (unpaired) electrons. The smallest absolute Gasteiger partial charge is 0.136 e. The van der Waals surface area contributed by atoms with Crippen LogP contribution in [0.5, 0.6) is 0 Å². The average molecular weight is 252 g/mol. The molecule has 1 aromatic heterocycles. The molecule has 3 heteroatoms. The summed E-state index contributed by atoms with van der Waals surface area (Å²) in [4.78, 5) is 11.6. The molecule has 0 aliphatic heterocycles. The van der Waals surface area contributed by atoms with Crippen LogP contribution in [0.2, 0.25) is 0 Å². The lowest BCUT2D eigenvalue weighted by molar-refractivity contribution is -0.120. The second-order valence-electron chi connectivity index (χ2n) is 5.20. The first-order valence-electron chi connectivity index (χ1n) is 6.80. The van der Waals surface area contributed by atoms with E-state index in [9.17, 15) is 4.79 Å². The van der Waals surface area contributed by atoms with E-state index in [1.54, 1.807) is 0 Å². The third kappa shape index (κ3) is 2.15. The van der Waals surface area contributed by atoms with E-state index in [-0.39, 0.29) is 5.92 Å². The lowest BCUT2D eigenvalue weighted by Gasteiger charge is -2.09. The zero-order valence-corrected chi connectivity index (χ0v) is 10.8. The molecule has 1 aromatic carbocycles. The van der Waals surface area contributed by atoms with Crippen molar-refractivity contribution >= 4 is 16.7 Å². The molecule has 0 bridgehead atoms. The van der Waals surface area contributed by atoms with Gasteiger partial charge in [0.05, 0.1) is 11.6 Å². The molecule has 0 amide bonds. The first kappa shape index (κ1) is 12.0. The van der Waals surface area contributed by atoms with Crippen molar-refractivity contribution < 1.29 is 4.79 Å². The number of aryl methyl sites for hydroxylation is 1.